The van der Waals surface area contributed by atoms with E-state index in [2.05, 4.69) is 4.98 Å². The molecule has 0 saturated heterocycles. The van der Waals surface area contributed by atoms with Crippen molar-refractivity contribution in [3.05, 3.63) is 58.7 Å². The third-order valence-corrected chi connectivity index (χ3v) is 3.99. The van der Waals surface area contributed by atoms with Gasteiger partial charge >= 0.3 is 0 Å². The summed E-state index contributed by atoms with van der Waals surface area (Å²) in [5.41, 5.74) is 2.34. The lowest BCUT2D eigenvalue weighted by Crippen LogP contribution is -1.82. The topological polar surface area (TPSA) is 33.1 Å². The highest BCUT2D eigenvalue weighted by molar-refractivity contribution is 7.13. The second kappa shape index (κ2) is 5.23. The molecule has 1 heterocycles. The van der Waals surface area contributed by atoms with Crippen LogP contribution in [0, 0.1) is 5.82 Å². The SMILES string of the molecule is Oc1cccc(-c2nc(-c3ccc(F)c(Cl)c3)cs2)c1. The van der Waals surface area contributed by atoms with Gasteiger partial charge in [0.1, 0.15) is 16.6 Å². The average molecular weight is 306 g/mol. The van der Waals surface area contributed by atoms with Gasteiger partial charge in [-0.25, -0.2) is 9.37 Å². The van der Waals surface area contributed by atoms with E-state index in [0.717, 1.165) is 21.8 Å². The van der Waals surface area contributed by atoms with Crippen molar-refractivity contribution in [2.24, 2.45) is 0 Å². The van der Waals surface area contributed by atoms with Crippen LogP contribution in [0.1, 0.15) is 0 Å². The van der Waals surface area contributed by atoms with Crippen LogP contribution in [0.3, 0.4) is 0 Å². The van der Waals surface area contributed by atoms with Gasteiger partial charge in [-0.3, -0.25) is 0 Å². The van der Waals surface area contributed by atoms with Gasteiger partial charge < -0.3 is 5.11 Å². The van der Waals surface area contributed by atoms with Gasteiger partial charge in [-0.1, -0.05) is 23.7 Å². The summed E-state index contributed by atoms with van der Waals surface area (Å²) in [5, 5.41) is 12.2. The molecule has 3 aromatic rings. The van der Waals surface area contributed by atoms with Gasteiger partial charge in [0.2, 0.25) is 0 Å². The van der Waals surface area contributed by atoms with Gasteiger partial charge in [-0.05, 0) is 30.3 Å². The van der Waals surface area contributed by atoms with E-state index in [-0.39, 0.29) is 10.8 Å². The van der Waals surface area contributed by atoms with Crippen molar-refractivity contribution >= 4 is 22.9 Å². The number of thiazole rings is 1. The summed E-state index contributed by atoms with van der Waals surface area (Å²) in [4.78, 5) is 4.49. The van der Waals surface area contributed by atoms with E-state index in [1.165, 1.54) is 17.4 Å². The predicted octanol–water partition coefficient (Wildman–Crippen LogP) is 4.98. The lowest BCUT2D eigenvalue weighted by atomic mass is 10.1. The van der Waals surface area contributed by atoms with E-state index in [1.807, 2.05) is 11.4 Å². The fourth-order valence-corrected chi connectivity index (χ4v) is 2.84. The van der Waals surface area contributed by atoms with E-state index in [4.69, 9.17) is 11.6 Å². The monoisotopic (exact) mass is 305 g/mol. The fraction of sp³-hybridized carbons (Fsp3) is 0. The molecule has 0 radical (unpaired) electrons. The minimum Gasteiger partial charge on any atom is -0.508 e. The molecule has 1 N–H and O–H groups in total. The first-order chi connectivity index (χ1) is 9.63. The van der Waals surface area contributed by atoms with Crippen LogP contribution < -0.4 is 0 Å². The molecule has 0 saturated carbocycles. The molecule has 0 aliphatic rings. The van der Waals surface area contributed by atoms with Crippen LogP contribution in [0.25, 0.3) is 21.8 Å². The molecule has 0 aliphatic heterocycles. The second-order valence-electron chi connectivity index (χ2n) is 4.22. The number of aromatic nitrogens is 1. The Kier molecular flexibility index (Phi) is 3.42. The van der Waals surface area contributed by atoms with Crippen molar-refractivity contribution in [1.29, 1.82) is 0 Å². The van der Waals surface area contributed by atoms with Crippen molar-refractivity contribution in [2.45, 2.75) is 0 Å². The lowest BCUT2D eigenvalue weighted by molar-refractivity contribution is 0.475. The Morgan fingerprint density at radius 2 is 1.95 bits per heavy atom. The highest BCUT2D eigenvalue weighted by atomic mass is 35.5. The van der Waals surface area contributed by atoms with Crippen LogP contribution in [0.15, 0.2) is 47.8 Å². The second-order valence-corrected chi connectivity index (χ2v) is 5.48. The molecule has 0 unspecified atom stereocenters. The highest BCUT2D eigenvalue weighted by Gasteiger charge is 2.09. The summed E-state index contributed by atoms with van der Waals surface area (Å²) >= 11 is 7.23. The molecule has 0 spiro atoms. The van der Waals surface area contributed by atoms with Crippen molar-refractivity contribution in [3.8, 4) is 27.6 Å². The Morgan fingerprint density at radius 1 is 1.10 bits per heavy atom. The van der Waals surface area contributed by atoms with Crippen molar-refractivity contribution < 1.29 is 9.50 Å². The van der Waals surface area contributed by atoms with Gasteiger partial charge in [-0.2, -0.15) is 0 Å². The number of benzene rings is 2. The van der Waals surface area contributed by atoms with Gasteiger partial charge in [0, 0.05) is 16.5 Å². The molecule has 2 aromatic carbocycles. The van der Waals surface area contributed by atoms with E-state index in [9.17, 15) is 9.50 Å². The molecule has 0 amide bonds. The molecular formula is C15H9ClFNOS. The third-order valence-electron chi connectivity index (χ3n) is 2.81. The maximum Gasteiger partial charge on any atom is 0.141 e. The predicted molar refractivity (Wildman–Crippen MR) is 79.6 cm³/mol. The number of hydrogen-bond donors (Lipinski definition) is 1. The van der Waals surface area contributed by atoms with E-state index >= 15 is 0 Å². The molecule has 0 atom stereocenters. The number of nitrogens with zero attached hydrogens (tertiary/aromatic N) is 1. The quantitative estimate of drug-likeness (QED) is 0.724. The Hall–Kier alpha value is -1.91. The first-order valence-corrected chi connectivity index (χ1v) is 7.09. The van der Waals surface area contributed by atoms with E-state index in [0.29, 0.717) is 0 Å². The van der Waals surface area contributed by atoms with Crippen LogP contribution in [0.4, 0.5) is 4.39 Å². The summed E-state index contributed by atoms with van der Waals surface area (Å²) in [6, 6.07) is 11.4. The average Bonchev–Trinajstić information content (AvgIpc) is 2.92. The first-order valence-electron chi connectivity index (χ1n) is 5.84. The number of aromatic hydroxyl groups is 1. The van der Waals surface area contributed by atoms with Crippen LogP contribution >= 0.6 is 22.9 Å². The molecule has 3 rings (SSSR count). The molecule has 0 bridgehead atoms. The molecule has 100 valence electrons. The van der Waals surface area contributed by atoms with Crippen LogP contribution in [0.2, 0.25) is 5.02 Å². The zero-order valence-corrected chi connectivity index (χ0v) is 11.7. The van der Waals surface area contributed by atoms with Crippen LogP contribution in [-0.2, 0) is 0 Å². The lowest BCUT2D eigenvalue weighted by Gasteiger charge is -1.99. The van der Waals surface area contributed by atoms with Gasteiger partial charge in [0.15, 0.2) is 0 Å². The van der Waals surface area contributed by atoms with Gasteiger partial charge in [0.05, 0.1) is 10.7 Å². The molecule has 0 fully saturated rings. The summed E-state index contributed by atoms with van der Waals surface area (Å²) in [6.45, 7) is 0. The van der Waals surface area contributed by atoms with Crippen LogP contribution in [0.5, 0.6) is 5.75 Å². The maximum absolute atomic E-state index is 13.2. The van der Waals surface area contributed by atoms with Crippen LogP contribution in [-0.4, -0.2) is 10.1 Å². The summed E-state index contributed by atoms with van der Waals surface area (Å²) in [6.07, 6.45) is 0. The Balaban J connectivity index is 1.99. The minimum atomic E-state index is -0.446. The minimum absolute atomic E-state index is 0.0782. The van der Waals surface area contributed by atoms with Crippen molar-refractivity contribution in [1.82, 2.24) is 4.98 Å². The molecular weight excluding hydrogens is 297 g/mol. The van der Waals surface area contributed by atoms with Gasteiger partial charge in [0.25, 0.3) is 0 Å². The number of halogens is 2. The number of rotatable bonds is 2. The van der Waals surface area contributed by atoms with Gasteiger partial charge in [-0.15, -0.1) is 11.3 Å². The highest BCUT2D eigenvalue weighted by Crippen LogP contribution is 2.31. The van der Waals surface area contributed by atoms with Crippen molar-refractivity contribution in [3.63, 3.8) is 0 Å². The molecule has 0 aliphatic carbocycles. The zero-order chi connectivity index (χ0) is 14.1. The smallest absolute Gasteiger partial charge is 0.141 e. The molecule has 5 heteroatoms. The van der Waals surface area contributed by atoms with E-state index < -0.39 is 5.82 Å². The molecule has 1 aromatic heterocycles. The third kappa shape index (κ3) is 2.53. The summed E-state index contributed by atoms with van der Waals surface area (Å²) in [5.74, 6) is -0.247. The maximum atomic E-state index is 13.2. The largest absolute Gasteiger partial charge is 0.508 e. The molecule has 20 heavy (non-hydrogen) atoms. The molecule has 2 nitrogen and oxygen atoms in total. The standard InChI is InChI=1S/C15H9ClFNOS/c16-12-7-9(4-5-13(12)17)14-8-20-15(18-14)10-2-1-3-11(19)6-10/h1-8,19H. The normalized spacial score (nSPS) is 10.7. The Bertz CT molecular complexity index is 772. The summed E-state index contributed by atoms with van der Waals surface area (Å²) in [7, 11) is 0. The first kappa shape index (κ1) is 13.1. The Labute approximate surface area is 124 Å². The fourth-order valence-electron chi connectivity index (χ4n) is 1.83. The zero-order valence-electron chi connectivity index (χ0n) is 10.2. The summed E-state index contributed by atoms with van der Waals surface area (Å²) < 4.78 is 13.2. The van der Waals surface area contributed by atoms with E-state index in [1.54, 1.807) is 30.3 Å². The number of phenolic OH excluding ortho intramolecular Hbond substituents is 1. The Morgan fingerprint density at radius 3 is 2.70 bits per heavy atom. The van der Waals surface area contributed by atoms with Crippen molar-refractivity contribution in [2.75, 3.05) is 0 Å². The number of hydrogen-bond acceptors (Lipinski definition) is 3. The number of phenols is 1.